The highest BCUT2D eigenvalue weighted by Gasteiger charge is 2.37. The Morgan fingerprint density at radius 3 is 2.23 bits per heavy atom. The van der Waals surface area contributed by atoms with Gasteiger partial charge in [0.15, 0.2) is 0 Å². The summed E-state index contributed by atoms with van der Waals surface area (Å²) in [6.07, 6.45) is 5.43. The zero-order valence-electron chi connectivity index (χ0n) is 15.5. The topological polar surface area (TPSA) is 82.6 Å². The molecular formula is C18H28N4O3S. The number of hydrogen-bond donors (Lipinski definition) is 1. The Labute approximate surface area is 156 Å². The van der Waals surface area contributed by atoms with Crippen molar-refractivity contribution in [3.8, 4) is 0 Å². The zero-order chi connectivity index (χ0) is 18.7. The number of piperidine rings is 2. The molecule has 2 fully saturated rings. The molecule has 0 aromatic carbocycles. The summed E-state index contributed by atoms with van der Waals surface area (Å²) in [6, 6.07) is 3.49. The van der Waals surface area contributed by atoms with Gasteiger partial charge >= 0.3 is 0 Å². The first-order valence-electron chi connectivity index (χ1n) is 9.32. The molecule has 1 aromatic heterocycles. The quantitative estimate of drug-likeness (QED) is 0.866. The molecule has 2 atom stereocenters. The Bertz CT molecular complexity index is 707. The molecule has 1 amide bonds. The van der Waals surface area contributed by atoms with Gasteiger partial charge in [-0.1, -0.05) is 13.8 Å². The van der Waals surface area contributed by atoms with Crippen LogP contribution in [0.5, 0.6) is 0 Å². The molecule has 2 aliphatic heterocycles. The fraction of sp³-hybridized carbons (Fsp3) is 0.667. The van der Waals surface area contributed by atoms with Crippen LogP contribution in [0, 0.1) is 17.8 Å². The molecule has 3 heterocycles. The summed E-state index contributed by atoms with van der Waals surface area (Å²) >= 11 is 0. The van der Waals surface area contributed by atoms with Gasteiger partial charge in [0.2, 0.25) is 5.91 Å². The number of amides is 1. The van der Waals surface area contributed by atoms with Gasteiger partial charge in [-0.15, -0.1) is 0 Å². The third-order valence-corrected chi connectivity index (χ3v) is 7.23. The van der Waals surface area contributed by atoms with Gasteiger partial charge < -0.3 is 5.32 Å². The van der Waals surface area contributed by atoms with Gasteiger partial charge in [-0.25, -0.2) is 0 Å². The van der Waals surface area contributed by atoms with Crippen LogP contribution < -0.4 is 5.32 Å². The van der Waals surface area contributed by atoms with Gasteiger partial charge in [0.05, 0.1) is 0 Å². The predicted octanol–water partition coefficient (Wildman–Crippen LogP) is 1.95. The van der Waals surface area contributed by atoms with Gasteiger partial charge in [0.1, 0.15) is 0 Å². The number of carbonyl (C=O) groups is 1. The normalized spacial score (nSPS) is 26.5. The summed E-state index contributed by atoms with van der Waals surface area (Å²) in [6.45, 7) is 6.19. The van der Waals surface area contributed by atoms with E-state index in [1.807, 2.05) is 0 Å². The summed E-state index contributed by atoms with van der Waals surface area (Å²) in [5.41, 5.74) is 0.719. The Hall–Kier alpha value is -1.51. The van der Waals surface area contributed by atoms with Crippen molar-refractivity contribution >= 4 is 21.8 Å². The van der Waals surface area contributed by atoms with Crippen LogP contribution in [0.25, 0.3) is 0 Å². The molecule has 8 heteroatoms. The van der Waals surface area contributed by atoms with Crippen LogP contribution in [-0.2, 0) is 15.0 Å². The van der Waals surface area contributed by atoms with Crippen molar-refractivity contribution in [1.82, 2.24) is 13.6 Å². The summed E-state index contributed by atoms with van der Waals surface area (Å²) in [7, 11) is -3.43. The first-order chi connectivity index (χ1) is 12.4. The fourth-order valence-electron chi connectivity index (χ4n) is 3.99. The fourth-order valence-corrected chi connectivity index (χ4v) is 5.87. The molecule has 1 aromatic rings. The third kappa shape index (κ3) is 4.42. The second-order valence-corrected chi connectivity index (χ2v) is 9.60. The summed E-state index contributed by atoms with van der Waals surface area (Å²) in [5.74, 6) is 0.566. The molecular weight excluding hydrogens is 352 g/mol. The third-order valence-electron chi connectivity index (χ3n) is 5.26. The molecule has 0 bridgehead atoms. The summed E-state index contributed by atoms with van der Waals surface area (Å²) in [4.78, 5) is 16.3. The Morgan fingerprint density at radius 1 is 1.08 bits per heavy atom. The van der Waals surface area contributed by atoms with E-state index < -0.39 is 10.2 Å². The molecule has 2 aliphatic rings. The van der Waals surface area contributed by atoms with E-state index >= 15 is 0 Å². The molecule has 0 saturated carbocycles. The van der Waals surface area contributed by atoms with E-state index in [1.165, 1.54) is 0 Å². The van der Waals surface area contributed by atoms with E-state index in [2.05, 4.69) is 24.1 Å². The first kappa shape index (κ1) is 19.3. The lowest BCUT2D eigenvalue weighted by molar-refractivity contribution is -0.120. The number of anilines is 1. The molecule has 7 nitrogen and oxygen atoms in total. The van der Waals surface area contributed by atoms with Crippen molar-refractivity contribution in [3.63, 3.8) is 0 Å². The van der Waals surface area contributed by atoms with Crippen LogP contribution in [0.3, 0.4) is 0 Å². The lowest BCUT2D eigenvalue weighted by atomic mass is 9.94. The Balaban J connectivity index is 1.56. The molecule has 0 spiro atoms. The molecule has 0 unspecified atom stereocenters. The highest BCUT2D eigenvalue weighted by molar-refractivity contribution is 7.86. The average molecular weight is 381 g/mol. The molecule has 1 N–H and O–H groups in total. The molecule has 3 rings (SSSR count). The van der Waals surface area contributed by atoms with Gasteiger partial charge in [-0.2, -0.15) is 17.0 Å². The number of nitrogens with one attached hydrogen (secondary N) is 1. The van der Waals surface area contributed by atoms with Crippen molar-refractivity contribution in [3.05, 3.63) is 24.5 Å². The molecule has 144 valence electrons. The van der Waals surface area contributed by atoms with E-state index in [9.17, 15) is 13.2 Å². The zero-order valence-corrected chi connectivity index (χ0v) is 16.3. The Kier molecular flexibility index (Phi) is 5.94. The molecule has 0 aliphatic carbocycles. The van der Waals surface area contributed by atoms with Crippen molar-refractivity contribution in [2.45, 2.75) is 33.1 Å². The number of rotatable bonds is 4. The molecule has 2 saturated heterocycles. The SMILES string of the molecule is C[C@@H]1C[C@H](C)CN(S(=O)(=O)N2CCC(C(=O)Nc3ccncc3)CC2)C1. The number of nitrogens with zero attached hydrogens (tertiary/aromatic N) is 3. The van der Waals surface area contributed by atoms with Gasteiger partial charge in [-0.05, 0) is 43.2 Å². The number of aromatic nitrogens is 1. The second kappa shape index (κ2) is 8.02. The number of hydrogen-bond acceptors (Lipinski definition) is 4. The second-order valence-electron chi connectivity index (χ2n) is 7.67. The lowest BCUT2D eigenvalue weighted by Gasteiger charge is -2.39. The maximum atomic E-state index is 12.9. The van der Waals surface area contributed by atoms with Crippen molar-refractivity contribution < 1.29 is 13.2 Å². The van der Waals surface area contributed by atoms with Gasteiger partial charge in [-0.3, -0.25) is 9.78 Å². The lowest BCUT2D eigenvalue weighted by Crippen LogP contribution is -2.52. The van der Waals surface area contributed by atoms with E-state index in [0.29, 0.717) is 50.9 Å². The van der Waals surface area contributed by atoms with E-state index in [1.54, 1.807) is 33.1 Å². The largest absolute Gasteiger partial charge is 0.326 e. The molecule has 26 heavy (non-hydrogen) atoms. The molecule has 0 radical (unpaired) electrons. The average Bonchev–Trinajstić information content (AvgIpc) is 2.62. The van der Waals surface area contributed by atoms with Crippen molar-refractivity contribution in [2.24, 2.45) is 17.8 Å². The van der Waals surface area contributed by atoms with Crippen LogP contribution >= 0.6 is 0 Å². The number of carbonyl (C=O) groups excluding carboxylic acids is 1. The van der Waals surface area contributed by atoms with Crippen LogP contribution in [0.1, 0.15) is 33.1 Å². The monoisotopic (exact) mass is 380 g/mol. The standard InChI is InChI=1S/C18H28N4O3S/c1-14-11-15(2)13-22(12-14)26(24,25)21-9-5-16(6-10-21)18(23)20-17-3-7-19-8-4-17/h3-4,7-8,14-16H,5-6,9-13H2,1-2H3,(H,19,20,23)/t14-,15+. The van der Waals surface area contributed by atoms with Crippen LogP contribution in [-0.4, -0.2) is 54.1 Å². The maximum absolute atomic E-state index is 12.9. The van der Waals surface area contributed by atoms with Crippen LogP contribution in [0.4, 0.5) is 5.69 Å². The van der Waals surface area contributed by atoms with E-state index in [4.69, 9.17) is 0 Å². The maximum Gasteiger partial charge on any atom is 0.281 e. The number of pyridine rings is 1. The summed E-state index contributed by atoms with van der Waals surface area (Å²) < 4.78 is 29.1. The Morgan fingerprint density at radius 2 is 1.65 bits per heavy atom. The van der Waals surface area contributed by atoms with E-state index in [0.717, 1.165) is 12.1 Å². The van der Waals surface area contributed by atoms with Crippen LogP contribution in [0.15, 0.2) is 24.5 Å². The first-order valence-corrected chi connectivity index (χ1v) is 10.7. The highest BCUT2D eigenvalue weighted by atomic mass is 32.2. The summed E-state index contributed by atoms with van der Waals surface area (Å²) in [5, 5.41) is 2.88. The minimum atomic E-state index is -3.43. The van der Waals surface area contributed by atoms with Crippen LogP contribution in [0.2, 0.25) is 0 Å². The van der Waals surface area contributed by atoms with Gasteiger partial charge in [0.25, 0.3) is 10.2 Å². The smallest absolute Gasteiger partial charge is 0.281 e. The van der Waals surface area contributed by atoms with Gasteiger partial charge in [0, 0.05) is 50.2 Å². The van der Waals surface area contributed by atoms with E-state index in [-0.39, 0.29) is 11.8 Å². The van der Waals surface area contributed by atoms with Crippen molar-refractivity contribution in [1.29, 1.82) is 0 Å². The van der Waals surface area contributed by atoms with Crippen molar-refractivity contribution in [2.75, 3.05) is 31.5 Å². The highest BCUT2D eigenvalue weighted by Crippen LogP contribution is 2.27. The minimum absolute atomic E-state index is 0.0477. The minimum Gasteiger partial charge on any atom is -0.326 e. The predicted molar refractivity (Wildman–Crippen MR) is 101 cm³/mol.